The minimum Gasteiger partial charge on any atom is -0.373 e. The molecule has 0 unspecified atom stereocenters. The molecule has 2 atom stereocenters. The van der Waals surface area contributed by atoms with Gasteiger partial charge in [0, 0.05) is 50.0 Å². The SMILES string of the molecule is Cn1cc([C@@H]2OCC[C@H]2CNCc2cn[nH]c2-c2ccccc2)cn1. The zero-order valence-corrected chi connectivity index (χ0v) is 14.4. The van der Waals surface area contributed by atoms with Crippen molar-refractivity contribution in [1.82, 2.24) is 25.3 Å². The number of aryl methyl sites for hydroxylation is 1. The molecule has 0 spiro atoms. The van der Waals surface area contributed by atoms with E-state index in [0.717, 1.165) is 37.4 Å². The number of hydrogen-bond acceptors (Lipinski definition) is 4. The maximum atomic E-state index is 5.93. The number of hydrogen-bond donors (Lipinski definition) is 2. The molecule has 0 bridgehead atoms. The van der Waals surface area contributed by atoms with Gasteiger partial charge in [-0.25, -0.2) is 0 Å². The van der Waals surface area contributed by atoms with E-state index in [1.807, 2.05) is 48.5 Å². The van der Waals surface area contributed by atoms with Crippen molar-refractivity contribution in [2.24, 2.45) is 13.0 Å². The van der Waals surface area contributed by atoms with Crippen LogP contribution >= 0.6 is 0 Å². The highest BCUT2D eigenvalue weighted by molar-refractivity contribution is 5.62. The molecule has 25 heavy (non-hydrogen) atoms. The second-order valence-corrected chi connectivity index (χ2v) is 6.55. The van der Waals surface area contributed by atoms with E-state index in [0.29, 0.717) is 5.92 Å². The van der Waals surface area contributed by atoms with E-state index in [-0.39, 0.29) is 6.10 Å². The number of benzene rings is 1. The molecule has 1 aliphatic rings. The van der Waals surface area contributed by atoms with E-state index in [9.17, 15) is 0 Å². The molecule has 0 aliphatic carbocycles. The van der Waals surface area contributed by atoms with Gasteiger partial charge in [-0.05, 0) is 12.0 Å². The molecule has 1 fully saturated rings. The van der Waals surface area contributed by atoms with Crippen molar-refractivity contribution >= 4 is 0 Å². The highest BCUT2D eigenvalue weighted by Crippen LogP contribution is 2.33. The second-order valence-electron chi connectivity index (χ2n) is 6.55. The fraction of sp³-hybridized carbons (Fsp3) is 0.368. The van der Waals surface area contributed by atoms with Gasteiger partial charge >= 0.3 is 0 Å². The van der Waals surface area contributed by atoms with Crippen molar-refractivity contribution < 1.29 is 4.74 Å². The van der Waals surface area contributed by atoms with Gasteiger partial charge in [-0.3, -0.25) is 9.78 Å². The molecule has 0 amide bonds. The maximum Gasteiger partial charge on any atom is 0.0896 e. The van der Waals surface area contributed by atoms with Crippen LogP contribution in [0, 0.1) is 5.92 Å². The topological polar surface area (TPSA) is 67.8 Å². The molecule has 0 radical (unpaired) electrons. The van der Waals surface area contributed by atoms with E-state index < -0.39 is 0 Å². The van der Waals surface area contributed by atoms with Crippen molar-refractivity contribution in [2.45, 2.75) is 19.1 Å². The molecule has 2 aromatic heterocycles. The van der Waals surface area contributed by atoms with Crippen molar-refractivity contribution in [3.8, 4) is 11.3 Å². The first-order valence-corrected chi connectivity index (χ1v) is 8.70. The van der Waals surface area contributed by atoms with Crippen LogP contribution < -0.4 is 5.32 Å². The summed E-state index contributed by atoms with van der Waals surface area (Å²) in [7, 11) is 1.94. The molecule has 0 saturated carbocycles. The van der Waals surface area contributed by atoms with Gasteiger partial charge < -0.3 is 10.1 Å². The number of aromatic nitrogens is 4. The lowest BCUT2D eigenvalue weighted by atomic mass is 9.97. The predicted molar refractivity (Wildman–Crippen MR) is 95.7 cm³/mol. The largest absolute Gasteiger partial charge is 0.373 e. The number of rotatable bonds is 6. The van der Waals surface area contributed by atoms with Gasteiger partial charge in [0.05, 0.1) is 24.2 Å². The van der Waals surface area contributed by atoms with Crippen LogP contribution in [0.3, 0.4) is 0 Å². The molecule has 3 heterocycles. The van der Waals surface area contributed by atoms with Crippen LogP contribution in [0.25, 0.3) is 11.3 Å². The van der Waals surface area contributed by atoms with E-state index in [4.69, 9.17) is 4.74 Å². The Balaban J connectivity index is 1.38. The number of aromatic amines is 1. The van der Waals surface area contributed by atoms with Crippen LogP contribution in [-0.2, 0) is 18.3 Å². The first-order chi connectivity index (χ1) is 12.3. The van der Waals surface area contributed by atoms with Crippen LogP contribution in [0.5, 0.6) is 0 Å². The highest BCUT2D eigenvalue weighted by Gasteiger charge is 2.30. The zero-order valence-electron chi connectivity index (χ0n) is 14.4. The Hall–Kier alpha value is -2.44. The quantitative estimate of drug-likeness (QED) is 0.726. The monoisotopic (exact) mass is 337 g/mol. The Morgan fingerprint density at radius 3 is 2.96 bits per heavy atom. The van der Waals surface area contributed by atoms with E-state index in [1.165, 1.54) is 11.1 Å². The molecule has 1 saturated heterocycles. The molecule has 1 aromatic carbocycles. The molecule has 6 nitrogen and oxygen atoms in total. The number of nitrogens with zero attached hydrogens (tertiary/aromatic N) is 3. The van der Waals surface area contributed by atoms with Gasteiger partial charge in [0.1, 0.15) is 0 Å². The van der Waals surface area contributed by atoms with Gasteiger partial charge in [-0.15, -0.1) is 0 Å². The number of H-pyrrole nitrogens is 1. The van der Waals surface area contributed by atoms with Crippen molar-refractivity contribution in [1.29, 1.82) is 0 Å². The van der Waals surface area contributed by atoms with E-state index in [1.54, 1.807) is 0 Å². The summed E-state index contributed by atoms with van der Waals surface area (Å²) in [5, 5.41) is 15.2. The summed E-state index contributed by atoms with van der Waals surface area (Å²) in [6, 6.07) is 10.3. The molecule has 6 heteroatoms. The lowest BCUT2D eigenvalue weighted by molar-refractivity contribution is 0.0904. The third-order valence-electron chi connectivity index (χ3n) is 4.77. The minimum absolute atomic E-state index is 0.138. The highest BCUT2D eigenvalue weighted by atomic mass is 16.5. The molecule has 4 rings (SSSR count). The average Bonchev–Trinajstić information content (AvgIpc) is 3.36. The van der Waals surface area contributed by atoms with Crippen LogP contribution in [0.4, 0.5) is 0 Å². The fourth-order valence-electron chi connectivity index (χ4n) is 3.49. The second kappa shape index (κ2) is 7.21. The lowest BCUT2D eigenvalue weighted by Crippen LogP contribution is -2.24. The minimum atomic E-state index is 0.138. The summed E-state index contributed by atoms with van der Waals surface area (Å²) < 4.78 is 7.77. The molecular weight excluding hydrogens is 314 g/mol. The summed E-state index contributed by atoms with van der Waals surface area (Å²) >= 11 is 0. The van der Waals surface area contributed by atoms with Gasteiger partial charge in [-0.2, -0.15) is 10.2 Å². The summed E-state index contributed by atoms with van der Waals surface area (Å²) in [6.45, 7) is 2.52. The van der Waals surface area contributed by atoms with Gasteiger partial charge in [0.2, 0.25) is 0 Å². The summed E-state index contributed by atoms with van der Waals surface area (Å²) in [5.41, 5.74) is 4.59. The standard InChI is InChI=1S/C19H23N5O/c1-24-13-17(12-22-24)19-15(7-8-25-19)9-20-10-16-11-21-23-18(16)14-5-3-2-4-6-14/h2-6,11-13,15,19-20H,7-10H2,1H3,(H,21,23)/t15-,19+/m0/s1. The van der Waals surface area contributed by atoms with Gasteiger partial charge in [0.25, 0.3) is 0 Å². The van der Waals surface area contributed by atoms with Crippen molar-refractivity contribution in [2.75, 3.05) is 13.2 Å². The average molecular weight is 337 g/mol. The normalized spacial score (nSPS) is 20.2. The number of nitrogens with one attached hydrogen (secondary N) is 2. The molecule has 130 valence electrons. The van der Waals surface area contributed by atoms with E-state index >= 15 is 0 Å². The van der Waals surface area contributed by atoms with Crippen LogP contribution in [0.15, 0.2) is 48.9 Å². The summed E-state index contributed by atoms with van der Waals surface area (Å²) in [6.07, 6.45) is 7.07. The van der Waals surface area contributed by atoms with Crippen LogP contribution in [0.2, 0.25) is 0 Å². The van der Waals surface area contributed by atoms with Crippen LogP contribution in [0.1, 0.15) is 23.7 Å². The van der Waals surface area contributed by atoms with Crippen molar-refractivity contribution in [3.05, 3.63) is 60.0 Å². The van der Waals surface area contributed by atoms with E-state index in [2.05, 4.69) is 32.7 Å². The summed E-state index contributed by atoms with van der Waals surface area (Å²) in [4.78, 5) is 0. The first kappa shape index (κ1) is 16.1. The molecule has 3 aromatic rings. The fourth-order valence-corrected chi connectivity index (χ4v) is 3.49. The Labute approximate surface area is 147 Å². The Morgan fingerprint density at radius 2 is 2.16 bits per heavy atom. The Morgan fingerprint density at radius 1 is 1.28 bits per heavy atom. The third-order valence-corrected chi connectivity index (χ3v) is 4.77. The van der Waals surface area contributed by atoms with Crippen LogP contribution in [-0.4, -0.2) is 33.1 Å². The maximum absolute atomic E-state index is 5.93. The van der Waals surface area contributed by atoms with Crippen molar-refractivity contribution in [3.63, 3.8) is 0 Å². The zero-order chi connectivity index (χ0) is 17.1. The molecular formula is C19H23N5O. The Bertz CT molecular complexity index is 810. The molecule has 2 N–H and O–H groups in total. The third kappa shape index (κ3) is 3.50. The van der Waals surface area contributed by atoms with Gasteiger partial charge in [-0.1, -0.05) is 30.3 Å². The number of ether oxygens (including phenoxy) is 1. The lowest BCUT2D eigenvalue weighted by Gasteiger charge is -2.17. The Kier molecular flexibility index (Phi) is 4.63. The van der Waals surface area contributed by atoms with Gasteiger partial charge in [0.15, 0.2) is 0 Å². The summed E-state index contributed by atoms with van der Waals surface area (Å²) in [5.74, 6) is 0.469. The predicted octanol–water partition coefficient (Wildman–Crippen LogP) is 2.68. The smallest absolute Gasteiger partial charge is 0.0896 e. The molecule has 1 aliphatic heterocycles. The first-order valence-electron chi connectivity index (χ1n) is 8.70.